The average Bonchev–Trinajstić information content (AvgIpc) is 3.36. The van der Waals surface area contributed by atoms with E-state index in [4.69, 9.17) is 23.2 Å². The predicted molar refractivity (Wildman–Crippen MR) is 101 cm³/mol. The van der Waals surface area contributed by atoms with Crippen molar-refractivity contribution >= 4 is 46.4 Å². The number of amides is 2. The molecule has 0 spiro atoms. The Morgan fingerprint density at radius 3 is 2.23 bits per heavy atom. The van der Waals surface area contributed by atoms with Gasteiger partial charge in [-0.2, -0.15) is 0 Å². The van der Waals surface area contributed by atoms with Crippen LogP contribution in [0.4, 0.5) is 15.8 Å². The van der Waals surface area contributed by atoms with Gasteiger partial charge in [0.15, 0.2) is 0 Å². The van der Waals surface area contributed by atoms with Crippen LogP contribution >= 0.6 is 23.2 Å². The Kier molecular flexibility index (Phi) is 4.95. The van der Waals surface area contributed by atoms with E-state index in [9.17, 15) is 14.0 Å². The van der Waals surface area contributed by atoms with Crippen molar-refractivity contribution in [1.29, 1.82) is 0 Å². The van der Waals surface area contributed by atoms with Crippen molar-refractivity contribution in [2.24, 2.45) is 5.41 Å². The number of anilines is 2. The van der Waals surface area contributed by atoms with Gasteiger partial charge in [0.05, 0.1) is 15.7 Å². The molecular weight excluding hydrogens is 378 g/mol. The zero-order chi connectivity index (χ0) is 19.1. The van der Waals surface area contributed by atoms with E-state index in [1.807, 2.05) is 19.9 Å². The number of hydrogen-bond acceptors (Lipinski definition) is 2. The van der Waals surface area contributed by atoms with Crippen molar-refractivity contribution < 1.29 is 14.0 Å². The maximum absolute atomic E-state index is 13.2. The Bertz CT molecular complexity index is 887. The predicted octanol–water partition coefficient (Wildman–Crippen LogP) is 5.11. The quantitative estimate of drug-likeness (QED) is 0.708. The molecule has 0 saturated heterocycles. The molecule has 2 aromatic carbocycles. The van der Waals surface area contributed by atoms with E-state index in [0.717, 1.165) is 17.2 Å². The molecule has 2 N–H and O–H groups in total. The summed E-state index contributed by atoms with van der Waals surface area (Å²) in [5.41, 5.74) is 1.50. The fraction of sp³-hybridized carbons (Fsp3) is 0.263. The van der Waals surface area contributed by atoms with Gasteiger partial charge in [-0.1, -0.05) is 29.3 Å². The SMILES string of the molecule is Cc1cc(C)c(NC(=O)C2(C(=O)Nc3ccc(F)c(Cl)c3)CC2)c(Cl)c1. The van der Waals surface area contributed by atoms with Gasteiger partial charge in [0.1, 0.15) is 11.2 Å². The van der Waals surface area contributed by atoms with Gasteiger partial charge in [0, 0.05) is 5.69 Å². The van der Waals surface area contributed by atoms with Gasteiger partial charge >= 0.3 is 0 Å². The normalized spacial score (nSPS) is 14.7. The third-order valence-electron chi connectivity index (χ3n) is 4.47. The molecule has 136 valence electrons. The van der Waals surface area contributed by atoms with Crippen molar-refractivity contribution in [2.75, 3.05) is 10.6 Å². The average molecular weight is 395 g/mol. The molecule has 1 saturated carbocycles. The molecule has 0 aromatic heterocycles. The Hall–Kier alpha value is -2.11. The van der Waals surface area contributed by atoms with E-state index in [1.165, 1.54) is 12.1 Å². The zero-order valence-corrected chi connectivity index (χ0v) is 15.8. The summed E-state index contributed by atoms with van der Waals surface area (Å²) < 4.78 is 13.2. The summed E-state index contributed by atoms with van der Waals surface area (Å²) in [5.74, 6) is -1.43. The number of rotatable bonds is 4. The fourth-order valence-corrected chi connectivity index (χ4v) is 3.36. The fourth-order valence-electron chi connectivity index (χ4n) is 2.81. The van der Waals surface area contributed by atoms with Crippen molar-refractivity contribution in [3.63, 3.8) is 0 Å². The number of carbonyl (C=O) groups is 2. The lowest BCUT2D eigenvalue weighted by molar-refractivity contribution is -0.131. The Balaban J connectivity index is 1.76. The van der Waals surface area contributed by atoms with Gasteiger partial charge in [-0.15, -0.1) is 0 Å². The molecule has 3 rings (SSSR count). The highest BCUT2D eigenvalue weighted by atomic mass is 35.5. The van der Waals surface area contributed by atoms with Crippen LogP contribution < -0.4 is 10.6 Å². The molecule has 0 unspecified atom stereocenters. The van der Waals surface area contributed by atoms with Crippen LogP contribution in [0.25, 0.3) is 0 Å². The Morgan fingerprint density at radius 1 is 1.00 bits per heavy atom. The lowest BCUT2D eigenvalue weighted by Gasteiger charge is -2.18. The van der Waals surface area contributed by atoms with Gasteiger partial charge < -0.3 is 10.6 Å². The Labute approximate surface area is 160 Å². The number of carbonyl (C=O) groups excluding carboxylic acids is 2. The summed E-state index contributed by atoms with van der Waals surface area (Å²) in [4.78, 5) is 25.3. The van der Waals surface area contributed by atoms with Crippen LogP contribution in [0.15, 0.2) is 30.3 Å². The van der Waals surface area contributed by atoms with Crippen LogP contribution in [0, 0.1) is 25.1 Å². The number of halogens is 3. The van der Waals surface area contributed by atoms with Gasteiger partial charge in [-0.25, -0.2) is 4.39 Å². The number of hydrogen-bond donors (Lipinski definition) is 2. The monoisotopic (exact) mass is 394 g/mol. The summed E-state index contributed by atoms with van der Waals surface area (Å²) in [5, 5.41) is 5.74. The largest absolute Gasteiger partial charge is 0.325 e. The van der Waals surface area contributed by atoms with Crippen LogP contribution in [-0.2, 0) is 9.59 Å². The minimum absolute atomic E-state index is 0.0980. The second-order valence-corrected chi connectivity index (χ2v) is 7.37. The number of benzene rings is 2. The number of nitrogens with one attached hydrogen (secondary N) is 2. The number of aryl methyl sites for hydroxylation is 2. The molecule has 26 heavy (non-hydrogen) atoms. The molecule has 1 aliphatic rings. The summed E-state index contributed by atoms with van der Waals surface area (Å²) in [6.45, 7) is 3.75. The zero-order valence-electron chi connectivity index (χ0n) is 14.3. The second-order valence-electron chi connectivity index (χ2n) is 6.56. The molecular formula is C19H17Cl2FN2O2. The summed E-state index contributed by atoms with van der Waals surface area (Å²) in [6.07, 6.45) is 0.865. The van der Waals surface area contributed by atoms with E-state index in [1.54, 1.807) is 6.07 Å². The highest BCUT2D eigenvalue weighted by Crippen LogP contribution is 2.48. The molecule has 1 fully saturated rings. The molecule has 4 nitrogen and oxygen atoms in total. The highest BCUT2D eigenvalue weighted by Gasteiger charge is 2.56. The van der Waals surface area contributed by atoms with Gasteiger partial charge in [0.25, 0.3) is 0 Å². The van der Waals surface area contributed by atoms with Crippen LogP contribution in [0.5, 0.6) is 0 Å². The summed E-state index contributed by atoms with van der Waals surface area (Å²) >= 11 is 11.9. The van der Waals surface area contributed by atoms with Gasteiger partial charge in [0.2, 0.25) is 11.8 Å². The maximum atomic E-state index is 13.2. The standard InChI is InChI=1S/C19H17Cl2FN2O2/c1-10-7-11(2)16(14(21)8-10)24-18(26)19(5-6-19)17(25)23-12-3-4-15(22)13(20)9-12/h3-4,7-9H,5-6H2,1-2H3,(H,23,25)(H,24,26). The topological polar surface area (TPSA) is 58.2 Å². The third-order valence-corrected chi connectivity index (χ3v) is 5.05. The van der Waals surface area contributed by atoms with E-state index in [2.05, 4.69) is 10.6 Å². The van der Waals surface area contributed by atoms with Crippen LogP contribution in [-0.4, -0.2) is 11.8 Å². The summed E-state index contributed by atoms with van der Waals surface area (Å²) in [7, 11) is 0. The van der Waals surface area contributed by atoms with Crippen molar-refractivity contribution in [2.45, 2.75) is 26.7 Å². The molecule has 0 atom stereocenters. The first-order valence-electron chi connectivity index (χ1n) is 8.08. The smallest absolute Gasteiger partial charge is 0.240 e. The highest BCUT2D eigenvalue weighted by molar-refractivity contribution is 6.34. The van der Waals surface area contributed by atoms with Crippen molar-refractivity contribution in [3.05, 3.63) is 57.3 Å². The molecule has 1 aliphatic carbocycles. The molecule has 0 bridgehead atoms. The first-order chi connectivity index (χ1) is 12.2. The van der Waals surface area contributed by atoms with Crippen molar-refractivity contribution in [3.8, 4) is 0 Å². The lowest BCUT2D eigenvalue weighted by atomic mass is 10.0. The lowest BCUT2D eigenvalue weighted by Crippen LogP contribution is -2.35. The third kappa shape index (κ3) is 3.55. The molecule has 0 aliphatic heterocycles. The van der Waals surface area contributed by atoms with Crippen molar-refractivity contribution in [1.82, 2.24) is 0 Å². The van der Waals surface area contributed by atoms with Gasteiger partial charge in [-0.05, 0) is 62.1 Å². The van der Waals surface area contributed by atoms with E-state index >= 15 is 0 Å². The maximum Gasteiger partial charge on any atom is 0.240 e. The van der Waals surface area contributed by atoms with E-state index < -0.39 is 23.0 Å². The molecule has 0 radical (unpaired) electrons. The first kappa shape index (κ1) is 18.7. The minimum atomic E-state index is -1.15. The molecule has 7 heteroatoms. The first-order valence-corrected chi connectivity index (χ1v) is 8.83. The van der Waals surface area contributed by atoms with E-state index in [-0.39, 0.29) is 5.02 Å². The van der Waals surface area contributed by atoms with Gasteiger partial charge in [-0.3, -0.25) is 9.59 Å². The molecule has 2 aromatic rings. The molecule has 0 heterocycles. The Morgan fingerprint density at radius 2 is 1.65 bits per heavy atom. The van der Waals surface area contributed by atoms with Crippen LogP contribution in [0.3, 0.4) is 0 Å². The van der Waals surface area contributed by atoms with Crippen LogP contribution in [0.1, 0.15) is 24.0 Å². The van der Waals surface area contributed by atoms with E-state index in [0.29, 0.717) is 29.2 Å². The minimum Gasteiger partial charge on any atom is -0.325 e. The molecule has 2 amide bonds. The summed E-state index contributed by atoms with van der Waals surface area (Å²) in [6, 6.07) is 7.52. The van der Waals surface area contributed by atoms with Crippen LogP contribution in [0.2, 0.25) is 10.0 Å². The second kappa shape index (κ2) is 6.89.